The predicted molar refractivity (Wildman–Crippen MR) is 65.3 cm³/mol. The number of hydrogen-bond donors (Lipinski definition) is 0. The van der Waals surface area contributed by atoms with Crippen molar-refractivity contribution in [1.82, 2.24) is 0 Å². The highest BCUT2D eigenvalue weighted by Gasteiger charge is 2.35. The lowest BCUT2D eigenvalue weighted by molar-refractivity contribution is -0.139. The Balaban J connectivity index is 2.23. The van der Waals surface area contributed by atoms with Gasteiger partial charge in [0.25, 0.3) is 0 Å². The van der Waals surface area contributed by atoms with Gasteiger partial charge in [-0.2, -0.15) is 13.2 Å². The zero-order chi connectivity index (χ0) is 13.9. The minimum Gasteiger partial charge on any atom is -0.490 e. The number of benzene rings is 1. The van der Waals surface area contributed by atoms with Crippen molar-refractivity contribution in [2.75, 3.05) is 13.2 Å². The fourth-order valence-corrected chi connectivity index (χ4v) is 2.09. The summed E-state index contributed by atoms with van der Waals surface area (Å²) in [4.78, 5) is 0. The van der Waals surface area contributed by atoms with Crippen LogP contribution in [0.4, 0.5) is 13.2 Å². The Labute approximate surface area is 110 Å². The van der Waals surface area contributed by atoms with Gasteiger partial charge in [0, 0.05) is 12.8 Å². The molecule has 1 aromatic carbocycles. The summed E-state index contributed by atoms with van der Waals surface area (Å²) in [6.07, 6.45) is -2.74. The van der Waals surface area contributed by atoms with Crippen molar-refractivity contribution in [2.24, 2.45) is 0 Å². The van der Waals surface area contributed by atoms with Crippen molar-refractivity contribution in [1.29, 1.82) is 0 Å². The molecule has 0 saturated carbocycles. The Morgan fingerprint density at radius 2 is 1.95 bits per heavy atom. The third-order valence-electron chi connectivity index (χ3n) is 3.22. The maximum Gasteiger partial charge on any atom is 0.419 e. The van der Waals surface area contributed by atoms with Crippen LogP contribution < -0.4 is 4.74 Å². The second-order valence-corrected chi connectivity index (χ2v) is 4.61. The van der Waals surface area contributed by atoms with E-state index in [-0.39, 0.29) is 11.9 Å². The Hall–Kier alpha value is -1.23. The molecule has 1 aliphatic heterocycles. The van der Waals surface area contributed by atoms with Gasteiger partial charge in [-0.1, -0.05) is 13.0 Å². The zero-order valence-corrected chi connectivity index (χ0v) is 10.8. The van der Waals surface area contributed by atoms with Crippen molar-refractivity contribution in [3.05, 3.63) is 29.3 Å². The summed E-state index contributed by atoms with van der Waals surface area (Å²) >= 11 is 0. The molecule has 0 unspecified atom stereocenters. The Bertz CT molecular complexity index is 423. The number of aryl methyl sites for hydroxylation is 1. The molecule has 0 amide bonds. The van der Waals surface area contributed by atoms with Gasteiger partial charge in [-0.25, -0.2) is 0 Å². The van der Waals surface area contributed by atoms with Gasteiger partial charge in [-0.15, -0.1) is 0 Å². The Morgan fingerprint density at radius 3 is 2.53 bits per heavy atom. The van der Waals surface area contributed by atoms with Crippen molar-refractivity contribution in [2.45, 2.75) is 38.5 Å². The van der Waals surface area contributed by atoms with Gasteiger partial charge in [-0.05, 0) is 24.1 Å². The van der Waals surface area contributed by atoms with E-state index in [0.717, 1.165) is 0 Å². The van der Waals surface area contributed by atoms with Crippen LogP contribution in [-0.4, -0.2) is 19.3 Å². The standard InChI is InChI=1S/C14H17F3O2/c1-2-10-3-4-13(12(9-10)14(15,16)17)19-11-5-7-18-8-6-11/h3-4,9,11H,2,5-8H2,1H3. The number of alkyl halides is 3. The maximum absolute atomic E-state index is 13.0. The summed E-state index contributed by atoms with van der Waals surface area (Å²) in [5.41, 5.74) is -0.0232. The second kappa shape index (κ2) is 5.82. The molecule has 106 valence electrons. The third kappa shape index (κ3) is 3.62. The lowest BCUT2D eigenvalue weighted by Gasteiger charge is -2.25. The average Bonchev–Trinajstić information content (AvgIpc) is 2.39. The fourth-order valence-electron chi connectivity index (χ4n) is 2.09. The third-order valence-corrected chi connectivity index (χ3v) is 3.22. The van der Waals surface area contributed by atoms with E-state index in [4.69, 9.17) is 9.47 Å². The Morgan fingerprint density at radius 1 is 1.26 bits per heavy atom. The molecule has 2 nitrogen and oxygen atoms in total. The summed E-state index contributed by atoms with van der Waals surface area (Å²) in [5, 5.41) is 0. The molecule has 0 radical (unpaired) electrons. The van der Waals surface area contributed by atoms with Gasteiger partial charge in [0.05, 0.1) is 18.8 Å². The van der Waals surface area contributed by atoms with Crippen LogP contribution in [0, 0.1) is 0 Å². The lowest BCUT2D eigenvalue weighted by atomic mass is 10.1. The van der Waals surface area contributed by atoms with Gasteiger partial charge in [0.2, 0.25) is 0 Å². The van der Waals surface area contributed by atoms with Gasteiger partial charge in [-0.3, -0.25) is 0 Å². The van der Waals surface area contributed by atoms with E-state index < -0.39 is 11.7 Å². The molecule has 1 heterocycles. The minimum atomic E-state index is -4.38. The normalized spacial score (nSPS) is 17.5. The first-order chi connectivity index (χ1) is 9.00. The molecule has 0 bridgehead atoms. The molecule has 1 fully saturated rings. The number of ether oxygens (including phenoxy) is 2. The Kier molecular flexibility index (Phi) is 4.34. The highest BCUT2D eigenvalue weighted by atomic mass is 19.4. The van der Waals surface area contributed by atoms with Crippen LogP contribution in [0.2, 0.25) is 0 Å². The first-order valence-electron chi connectivity index (χ1n) is 6.45. The van der Waals surface area contributed by atoms with Gasteiger partial charge in [0.1, 0.15) is 11.9 Å². The van der Waals surface area contributed by atoms with E-state index >= 15 is 0 Å². The number of rotatable bonds is 3. The molecule has 2 rings (SSSR count). The smallest absolute Gasteiger partial charge is 0.419 e. The summed E-state index contributed by atoms with van der Waals surface area (Å²) in [6, 6.07) is 4.29. The van der Waals surface area contributed by atoms with E-state index in [1.807, 2.05) is 6.92 Å². The van der Waals surface area contributed by atoms with Gasteiger partial charge >= 0.3 is 6.18 Å². The summed E-state index contributed by atoms with van der Waals surface area (Å²) in [5.74, 6) is -0.0726. The fraction of sp³-hybridized carbons (Fsp3) is 0.571. The zero-order valence-electron chi connectivity index (χ0n) is 10.8. The van der Waals surface area contributed by atoms with Crippen molar-refractivity contribution < 1.29 is 22.6 Å². The lowest BCUT2D eigenvalue weighted by Crippen LogP contribution is -2.26. The molecular formula is C14H17F3O2. The molecule has 0 N–H and O–H groups in total. The number of halogens is 3. The molecule has 5 heteroatoms. The maximum atomic E-state index is 13.0. The highest BCUT2D eigenvalue weighted by molar-refractivity contribution is 5.39. The van der Waals surface area contributed by atoms with E-state index in [9.17, 15) is 13.2 Å². The minimum absolute atomic E-state index is 0.0726. The van der Waals surface area contributed by atoms with Gasteiger partial charge < -0.3 is 9.47 Å². The average molecular weight is 274 g/mol. The molecule has 0 aromatic heterocycles. The van der Waals surface area contributed by atoms with Crippen molar-refractivity contribution in [3.63, 3.8) is 0 Å². The molecule has 1 aliphatic rings. The van der Waals surface area contributed by atoms with Crippen LogP contribution in [0.5, 0.6) is 5.75 Å². The molecule has 0 aliphatic carbocycles. The van der Waals surface area contributed by atoms with Crippen LogP contribution in [0.1, 0.15) is 30.9 Å². The first-order valence-corrected chi connectivity index (χ1v) is 6.45. The molecule has 1 saturated heterocycles. The second-order valence-electron chi connectivity index (χ2n) is 4.61. The predicted octanol–water partition coefficient (Wildman–Crippen LogP) is 3.83. The van der Waals surface area contributed by atoms with Crippen molar-refractivity contribution in [3.8, 4) is 5.75 Å². The van der Waals surface area contributed by atoms with Crippen LogP contribution in [-0.2, 0) is 17.3 Å². The molecule has 19 heavy (non-hydrogen) atoms. The van der Waals surface area contributed by atoms with E-state index in [2.05, 4.69) is 0 Å². The monoisotopic (exact) mass is 274 g/mol. The largest absolute Gasteiger partial charge is 0.490 e. The van der Waals surface area contributed by atoms with E-state index in [1.165, 1.54) is 12.1 Å². The van der Waals surface area contributed by atoms with Crippen LogP contribution >= 0.6 is 0 Å². The molecule has 0 spiro atoms. The summed E-state index contributed by atoms with van der Waals surface area (Å²) < 4.78 is 49.7. The quantitative estimate of drug-likeness (QED) is 0.834. The SMILES string of the molecule is CCc1ccc(OC2CCOCC2)c(C(F)(F)F)c1. The summed E-state index contributed by atoms with van der Waals surface area (Å²) in [6.45, 7) is 2.91. The van der Waals surface area contributed by atoms with Crippen LogP contribution in [0.25, 0.3) is 0 Å². The molecule has 1 aromatic rings. The van der Waals surface area contributed by atoms with Crippen LogP contribution in [0.3, 0.4) is 0 Å². The first kappa shape index (κ1) is 14.2. The van der Waals surface area contributed by atoms with E-state index in [1.54, 1.807) is 6.07 Å². The number of hydrogen-bond acceptors (Lipinski definition) is 2. The highest BCUT2D eigenvalue weighted by Crippen LogP contribution is 2.37. The molecular weight excluding hydrogens is 257 g/mol. The van der Waals surface area contributed by atoms with Crippen LogP contribution in [0.15, 0.2) is 18.2 Å². The van der Waals surface area contributed by atoms with Crippen molar-refractivity contribution >= 4 is 0 Å². The topological polar surface area (TPSA) is 18.5 Å². The van der Waals surface area contributed by atoms with E-state index in [0.29, 0.717) is 38.0 Å². The van der Waals surface area contributed by atoms with Gasteiger partial charge in [0.15, 0.2) is 0 Å². The summed E-state index contributed by atoms with van der Waals surface area (Å²) in [7, 11) is 0. The molecule has 0 atom stereocenters.